The average Bonchev–Trinajstić information content (AvgIpc) is 2.35. The normalized spacial score (nSPS) is 21.4. The molecule has 1 aliphatic heterocycles. The van der Waals surface area contributed by atoms with Crippen LogP contribution in [0.15, 0.2) is 0 Å². The van der Waals surface area contributed by atoms with Gasteiger partial charge in [0.15, 0.2) is 0 Å². The fourth-order valence-corrected chi connectivity index (χ4v) is 2.15. The minimum absolute atomic E-state index is 0.0355. The molecule has 1 aliphatic rings. The van der Waals surface area contributed by atoms with Gasteiger partial charge in [-0.15, -0.1) is 0 Å². The van der Waals surface area contributed by atoms with Crippen molar-refractivity contribution in [2.24, 2.45) is 5.92 Å². The molecule has 0 aromatic heterocycles. The lowest BCUT2D eigenvalue weighted by Gasteiger charge is -2.31. The third-order valence-electron chi connectivity index (χ3n) is 3.03. The van der Waals surface area contributed by atoms with Gasteiger partial charge in [-0.25, -0.2) is 0 Å². The standard InChI is InChI=1S/C13H25NO3/c1-3-9-16-10-8-14-7-5-6-12(11-14)13(15)17-4-2/h12H,3-11H2,1-2H3. The Labute approximate surface area is 104 Å². The summed E-state index contributed by atoms with van der Waals surface area (Å²) in [6.45, 7) is 8.87. The lowest BCUT2D eigenvalue weighted by molar-refractivity contribution is -0.150. The quantitative estimate of drug-likeness (QED) is 0.504. The Balaban J connectivity index is 2.21. The number of carbonyl (C=O) groups is 1. The zero-order chi connectivity index (χ0) is 12.5. The third kappa shape index (κ3) is 5.50. The zero-order valence-corrected chi connectivity index (χ0v) is 11.1. The molecule has 4 nitrogen and oxygen atoms in total. The van der Waals surface area contributed by atoms with E-state index in [9.17, 15) is 4.79 Å². The number of esters is 1. The Morgan fingerprint density at radius 1 is 1.35 bits per heavy atom. The van der Waals surface area contributed by atoms with E-state index in [0.717, 1.165) is 52.1 Å². The van der Waals surface area contributed by atoms with Gasteiger partial charge in [-0.2, -0.15) is 0 Å². The van der Waals surface area contributed by atoms with Gasteiger partial charge in [-0.1, -0.05) is 6.92 Å². The molecule has 0 bridgehead atoms. The Morgan fingerprint density at radius 2 is 2.18 bits per heavy atom. The highest BCUT2D eigenvalue weighted by Crippen LogP contribution is 2.17. The van der Waals surface area contributed by atoms with E-state index in [-0.39, 0.29) is 11.9 Å². The van der Waals surface area contributed by atoms with E-state index in [2.05, 4.69) is 11.8 Å². The highest BCUT2D eigenvalue weighted by atomic mass is 16.5. The summed E-state index contributed by atoms with van der Waals surface area (Å²) in [6.07, 6.45) is 3.11. The molecule has 1 fully saturated rings. The van der Waals surface area contributed by atoms with Gasteiger partial charge in [0.2, 0.25) is 0 Å². The molecule has 0 N–H and O–H groups in total. The van der Waals surface area contributed by atoms with Gasteiger partial charge >= 0.3 is 5.97 Å². The van der Waals surface area contributed by atoms with E-state index < -0.39 is 0 Å². The van der Waals surface area contributed by atoms with Gasteiger partial charge in [-0.05, 0) is 32.7 Å². The van der Waals surface area contributed by atoms with Gasteiger partial charge in [0.05, 0.1) is 19.1 Å². The molecule has 4 heteroatoms. The minimum atomic E-state index is -0.0355. The third-order valence-corrected chi connectivity index (χ3v) is 3.03. The molecule has 1 saturated heterocycles. The molecule has 0 spiro atoms. The van der Waals surface area contributed by atoms with Crippen molar-refractivity contribution in [2.75, 3.05) is 39.5 Å². The van der Waals surface area contributed by atoms with E-state index in [0.29, 0.717) is 6.61 Å². The molecule has 1 heterocycles. The van der Waals surface area contributed by atoms with Crippen LogP contribution in [-0.4, -0.2) is 50.3 Å². The highest BCUT2D eigenvalue weighted by Gasteiger charge is 2.26. The maximum absolute atomic E-state index is 11.6. The number of ether oxygens (including phenoxy) is 2. The molecule has 100 valence electrons. The summed E-state index contributed by atoms with van der Waals surface area (Å²) in [5.41, 5.74) is 0. The number of nitrogens with zero attached hydrogens (tertiary/aromatic N) is 1. The second kappa shape index (κ2) is 8.48. The fraction of sp³-hybridized carbons (Fsp3) is 0.923. The SMILES string of the molecule is CCCOCCN1CCCC(C(=O)OCC)C1. The molecule has 0 saturated carbocycles. The van der Waals surface area contributed by atoms with Crippen LogP contribution in [0, 0.1) is 5.92 Å². The summed E-state index contributed by atoms with van der Waals surface area (Å²) >= 11 is 0. The summed E-state index contributed by atoms with van der Waals surface area (Å²) in [4.78, 5) is 13.9. The van der Waals surface area contributed by atoms with Crippen LogP contribution in [0.5, 0.6) is 0 Å². The summed E-state index contributed by atoms with van der Waals surface area (Å²) < 4.78 is 10.5. The molecule has 0 radical (unpaired) electrons. The van der Waals surface area contributed by atoms with Gasteiger partial charge in [0.25, 0.3) is 0 Å². The fourth-order valence-electron chi connectivity index (χ4n) is 2.15. The van der Waals surface area contributed by atoms with E-state index in [1.807, 2.05) is 6.92 Å². The second-order valence-corrected chi connectivity index (χ2v) is 4.50. The first-order chi connectivity index (χ1) is 8.27. The molecule has 0 aromatic carbocycles. The van der Waals surface area contributed by atoms with Crippen molar-refractivity contribution in [2.45, 2.75) is 33.1 Å². The number of likely N-dealkylation sites (tertiary alicyclic amines) is 1. The zero-order valence-electron chi connectivity index (χ0n) is 11.1. The van der Waals surface area contributed by atoms with Crippen LogP contribution in [0.3, 0.4) is 0 Å². The molecule has 1 atom stereocenters. The van der Waals surface area contributed by atoms with Crippen molar-refractivity contribution in [1.29, 1.82) is 0 Å². The lowest BCUT2D eigenvalue weighted by atomic mass is 9.98. The van der Waals surface area contributed by atoms with Gasteiger partial charge in [0, 0.05) is 19.7 Å². The molecular formula is C13H25NO3. The number of carbonyl (C=O) groups excluding carboxylic acids is 1. The van der Waals surface area contributed by atoms with Crippen LogP contribution in [0.25, 0.3) is 0 Å². The maximum atomic E-state index is 11.6. The maximum Gasteiger partial charge on any atom is 0.310 e. The molecule has 1 rings (SSSR count). The predicted octanol–water partition coefficient (Wildman–Crippen LogP) is 1.69. The van der Waals surface area contributed by atoms with Gasteiger partial charge in [0.1, 0.15) is 0 Å². The average molecular weight is 243 g/mol. The van der Waals surface area contributed by atoms with Crippen LogP contribution in [0.4, 0.5) is 0 Å². The van der Waals surface area contributed by atoms with Crippen molar-refractivity contribution in [3.63, 3.8) is 0 Å². The first kappa shape index (κ1) is 14.5. The molecule has 1 unspecified atom stereocenters. The summed E-state index contributed by atoms with van der Waals surface area (Å²) in [5, 5.41) is 0. The van der Waals surface area contributed by atoms with Gasteiger partial charge < -0.3 is 14.4 Å². The Hall–Kier alpha value is -0.610. The molecule has 0 aliphatic carbocycles. The van der Waals surface area contributed by atoms with Crippen molar-refractivity contribution < 1.29 is 14.3 Å². The van der Waals surface area contributed by atoms with E-state index in [1.54, 1.807) is 0 Å². The first-order valence-corrected chi connectivity index (χ1v) is 6.74. The largest absolute Gasteiger partial charge is 0.466 e. The van der Waals surface area contributed by atoms with Crippen LogP contribution >= 0.6 is 0 Å². The number of hydrogen-bond acceptors (Lipinski definition) is 4. The van der Waals surface area contributed by atoms with E-state index >= 15 is 0 Å². The molecule has 0 amide bonds. The molecule has 0 aromatic rings. The second-order valence-electron chi connectivity index (χ2n) is 4.50. The highest BCUT2D eigenvalue weighted by molar-refractivity contribution is 5.72. The summed E-state index contributed by atoms with van der Waals surface area (Å²) in [6, 6.07) is 0. The first-order valence-electron chi connectivity index (χ1n) is 6.74. The summed E-state index contributed by atoms with van der Waals surface area (Å²) in [7, 11) is 0. The van der Waals surface area contributed by atoms with Crippen LogP contribution < -0.4 is 0 Å². The molecular weight excluding hydrogens is 218 g/mol. The van der Waals surface area contributed by atoms with Crippen LogP contribution in [-0.2, 0) is 14.3 Å². The molecule has 17 heavy (non-hydrogen) atoms. The number of piperidine rings is 1. The Kier molecular flexibility index (Phi) is 7.21. The Bertz CT molecular complexity index is 221. The van der Waals surface area contributed by atoms with Crippen LogP contribution in [0.1, 0.15) is 33.1 Å². The lowest BCUT2D eigenvalue weighted by Crippen LogP contribution is -2.40. The van der Waals surface area contributed by atoms with Gasteiger partial charge in [-0.3, -0.25) is 4.79 Å². The van der Waals surface area contributed by atoms with E-state index in [1.165, 1.54) is 0 Å². The predicted molar refractivity (Wildman–Crippen MR) is 66.9 cm³/mol. The van der Waals surface area contributed by atoms with Crippen molar-refractivity contribution in [3.8, 4) is 0 Å². The van der Waals surface area contributed by atoms with Crippen LogP contribution in [0.2, 0.25) is 0 Å². The van der Waals surface area contributed by atoms with Crippen molar-refractivity contribution in [1.82, 2.24) is 4.90 Å². The topological polar surface area (TPSA) is 38.8 Å². The number of rotatable bonds is 7. The van der Waals surface area contributed by atoms with Crippen molar-refractivity contribution in [3.05, 3.63) is 0 Å². The minimum Gasteiger partial charge on any atom is -0.466 e. The summed E-state index contributed by atoms with van der Waals surface area (Å²) in [5.74, 6) is 0.0292. The monoisotopic (exact) mass is 243 g/mol. The van der Waals surface area contributed by atoms with Crippen molar-refractivity contribution >= 4 is 5.97 Å². The van der Waals surface area contributed by atoms with E-state index in [4.69, 9.17) is 9.47 Å². The number of hydrogen-bond donors (Lipinski definition) is 0. The smallest absolute Gasteiger partial charge is 0.310 e. The Morgan fingerprint density at radius 3 is 2.88 bits per heavy atom.